The molecular weight excluding hydrogens is 891 g/mol. The summed E-state index contributed by atoms with van der Waals surface area (Å²) < 4.78 is 36.9. The minimum Gasteiger partial charge on any atom is -0.460 e. The highest BCUT2D eigenvalue weighted by Gasteiger charge is 2.53. The first kappa shape index (κ1) is 59.3. The number of ketones is 2. The van der Waals surface area contributed by atoms with Crippen LogP contribution in [0.1, 0.15) is 146 Å². The van der Waals surface area contributed by atoms with Crippen LogP contribution in [0.25, 0.3) is 0 Å². The maximum absolute atomic E-state index is 14.6. The number of ether oxygens (including phenoxy) is 6. The third-order valence-corrected chi connectivity index (χ3v) is 15.6. The summed E-state index contributed by atoms with van der Waals surface area (Å²) >= 11 is 0. The number of rotatable bonds is 10. The summed E-state index contributed by atoms with van der Waals surface area (Å²) in [7, 11) is 3.28. The Labute approximate surface area is 420 Å². The Bertz CT molecular complexity index is 1850. The lowest BCUT2D eigenvalue weighted by molar-refractivity contribution is -0.265. The number of hydrogen-bond donors (Lipinski definition) is 2. The van der Waals surface area contributed by atoms with Gasteiger partial charge in [-0.05, 0) is 127 Å². The number of piperidine rings is 1. The van der Waals surface area contributed by atoms with Crippen molar-refractivity contribution in [2.24, 2.45) is 41.4 Å². The zero-order valence-electron chi connectivity index (χ0n) is 44.9. The number of fused-ring (bicyclic) bond motifs is 3. The Hall–Kier alpha value is -3.30. The van der Waals surface area contributed by atoms with E-state index in [2.05, 4.69) is 33.4 Å². The number of nitrogens with zero attached hydrogens (tertiary/aromatic N) is 1. The molecule has 0 aromatic rings. The Morgan fingerprint density at radius 3 is 2.27 bits per heavy atom. The summed E-state index contributed by atoms with van der Waals surface area (Å²) in [4.78, 5) is 59.0. The fourth-order valence-electron chi connectivity index (χ4n) is 11.2. The van der Waals surface area contributed by atoms with Gasteiger partial charge in [-0.15, -0.1) is 0 Å². The lowest BCUT2D eigenvalue weighted by atomic mass is 9.78. The molecule has 4 rings (SSSR count). The monoisotopic (exact) mass is 982 g/mol. The first-order chi connectivity index (χ1) is 33.1. The zero-order chi connectivity index (χ0) is 51.9. The number of cyclic esters (lactones) is 1. The van der Waals surface area contributed by atoms with Gasteiger partial charge in [-0.2, -0.15) is 0 Å². The maximum Gasteiger partial charge on any atom is 0.329 e. The van der Waals surface area contributed by atoms with Crippen molar-refractivity contribution in [1.29, 1.82) is 0 Å². The smallest absolute Gasteiger partial charge is 0.329 e. The van der Waals surface area contributed by atoms with Crippen molar-refractivity contribution in [3.8, 4) is 0 Å². The van der Waals surface area contributed by atoms with Crippen LogP contribution in [0, 0.1) is 41.4 Å². The standard InChI is InChI=1S/C57H91NO12/c1-35(2)68-53-41(8)30-39(6)48(60)34-51(40(7)31-45-23-25-49(67-28-27-59)52(32-45)66-13)69-56(63)47-21-17-18-26-58(47)55(62)54(61)57(64)42(9)22-24-46(70-57)33-50(65-12)37(4)20-16-14-15-19-36(3)29-38(5)43(10)44(53)11/h14-16,19-20,30,35-36,38-40,42,44-47,49-53,59,64H,10,17-18,21-29,31-34H2,1-9,11-13H3/b16-14+,19-15+,37-20+,41-30+/t36-,38-,39-,40-,42-,44+,45+,46+,47+,49-,50+,51+,52-,53-,57-/m1/s1. The third kappa shape index (κ3) is 16.4. The second kappa shape index (κ2) is 28.2. The molecular formula is C57H91NO12. The van der Waals surface area contributed by atoms with E-state index < -0.39 is 53.5 Å². The average Bonchev–Trinajstić information content (AvgIpc) is 3.33. The van der Waals surface area contributed by atoms with Gasteiger partial charge in [0.1, 0.15) is 17.9 Å². The molecule has 0 aromatic heterocycles. The van der Waals surface area contributed by atoms with Gasteiger partial charge in [-0.1, -0.05) is 90.2 Å². The van der Waals surface area contributed by atoms with E-state index in [0.29, 0.717) is 44.9 Å². The predicted molar refractivity (Wildman–Crippen MR) is 272 cm³/mol. The fourth-order valence-corrected chi connectivity index (χ4v) is 11.2. The van der Waals surface area contributed by atoms with Crippen LogP contribution < -0.4 is 0 Å². The van der Waals surface area contributed by atoms with Gasteiger partial charge >= 0.3 is 5.97 Å². The first-order valence-corrected chi connectivity index (χ1v) is 26.5. The van der Waals surface area contributed by atoms with E-state index in [1.807, 2.05) is 71.9 Å². The Morgan fingerprint density at radius 1 is 0.871 bits per heavy atom. The van der Waals surface area contributed by atoms with Crippen LogP contribution >= 0.6 is 0 Å². The second-order valence-corrected chi connectivity index (χ2v) is 21.6. The van der Waals surface area contributed by atoms with Crippen molar-refractivity contribution in [2.75, 3.05) is 34.0 Å². The summed E-state index contributed by atoms with van der Waals surface area (Å²) in [5.74, 6) is -6.16. The van der Waals surface area contributed by atoms with E-state index in [0.717, 1.165) is 36.0 Å². The van der Waals surface area contributed by atoms with Crippen molar-refractivity contribution in [1.82, 2.24) is 4.90 Å². The van der Waals surface area contributed by atoms with Crippen LogP contribution in [-0.4, -0.2) is 127 Å². The quantitative estimate of drug-likeness (QED) is 0.121. The number of amides is 1. The summed E-state index contributed by atoms with van der Waals surface area (Å²) in [5, 5.41) is 21.4. The molecule has 13 nitrogen and oxygen atoms in total. The summed E-state index contributed by atoms with van der Waals surface area (Å²) in [5.41, 5.74) is 2.94. The van der Waals surface area contributed by atoms with Gasteiger partial charge in [0.2, 0.25) is 5.79 Å². The lowest BCUT2D eigenvalue weighted by Crippen LogP contribution is -2.61. The van der Waals surface area contributed by atoms with Crippen molar-refractivity contribution >= 4 is 23.4 Å². The van der Waals surface area contributed by atoms with Crippen LogP contribution in [0.3, 0.4) is 0 Å². The highest BCUT2D eigenvalue weighted by Crippen LogP contribution is 2.39. The maximum atomic E-state index is 14.6. The Balaban J connectivity index is 1.73. The molecule has 2 bridgehead atoms. The zero-order valence-corrected chi connectivity index (χ0v) is 44.9. The topological polar surface area (TPSA) is 167 Å². The van der Waals surface area contributed by atoms with E-state index in [-0.39, 0.29) is 98.5 Å². The lowest BCUT2D eigenvalue weighted by Gasteiger charge is -2.42. The van der Waals surface area contributed by atoms with Crippen LogP contribution in [-0.2, 0) is 47.6 Å². The molecule has 15 atom stereocenters. The van der Waals surface area contributed by atoms with Gasteiger partial charge in [0.15, 0.2) is 0 Å². The summed E-state index contributed by atoms with van der Waals surface area (Å²) in [6.45, 7) is 25.0. The minimum atomic E-state index is -2.40. The molecule has 0 spiro atoms. The summed E-state index contributed by atoms with van der Waals surface area (Å²) in [6.07, 6.45) is 16.2. The molecule has 2 saturated heterocycles. The number of aliphatic hydroxyl groups excluding tert-OH is 1. The number of Topliss-reactive ketones (excluding diaryl/α,β-unsaturated/α-hetero) is 2. The fraction of sp³-hybridized carbons (Fsp3) is 0.754. The average molecular weight is 982 g/mol. The second-order valence-electron chi connectivity index (χ2n) is 21.6. The molecule has 1 amide bonds. The predicted octanol–water partition coefficient (Wildman–Crippen LogP) is 9.24. The van der Waals surface area contributed by atoms with E-state index in [1.54, 1.807) is 21.1 Å². The van der Waals surface area contributed by atoms with Gasteiger partial charge in [0, 0.05) is 51.4 Å². The minimum absolute atomic E-state index is 0.0411. The van der Waals surface area contributed by atoms with Gasteiger partial charge in [-0.25, -0.2) is 4.79 Å². The van der Waals surface area contributed by atoms with E-state index in [4.69, 9.17) is 28.4 Å². The van der Waals surface area contributed by atoms with Crippen LogP contribution in [0.5, 0.6) is 0 Å². The van der Waals surface area contributed by atoms with Crippen LogP contribution in [0.2, 0.25) is 0 Å². The highest BCUT2D eigenvalue weighted by atomic mass is 16.6. The SMILES string of the molecule is C=C1[C@H](C)C[C@H](C)/C=C/C=C/C=C(\C)[C@@H](OC)C[C@@H]2CC[C@@H](C)[C@@](O)(O2)C(=O)C(=O)N2CCCC[C@H]2C(=O)O[C@H]([C@H](C)C[C@@H]2CC[C@@H](OCCO)[C@H](OC)C2)CC(=O)[C@H](C)/C=C(\C)[C@@H](OC(C)C)[C@H]1C. The Morgan fingerprint density at radius 2 is 1.60 bits per heavy atom. The molecule has 0 aromatic carbocycles. The molecule has 13 heteroatoms. The molecule has 3 heterocycles. The van der Waals surface area contributed by atoms with Crippen LogP contribution in [0.15, 0.2) is 59.8 Å². The summed E-state index contributed by atoms with van der Waals surface area (Å²) in [6, 6.07) is -1.09. The van der Waals surface area contributed by atoms with Gasteiger partial charge in [0.25, 0.3) is 11.7 Å². The third-order valence-electron chi connectivity index (χ3n) is 15.6. The van der Waals surface area contributed by atoms with Crippen molar-refractivity contribution in [3.63, 3.8) is 0 Å². The van der Waals surface area contributed by atoms with Crippen molar-refractivity contribution in [2.45, 2.75) is 201 Å². The van der Waals surface area contributed by atoms with Gasteiger partial charge < -0.3 is 43.5 Å². The largest absolute Gasteiger partial charge is 0.460 e. The van der Waals surface area contributed by atoms with Crippen molar-refractivity contribution < 1.29 is 57.8 Å². The number of aliphatic hydroxyl groups is 2. The van der Waals surface area contributed by atoms with E-state index >= 15 is 0 Å². The molecule has 4 aliphatic rings. The number of allylic oxidation sites excluding steroid dienone is 6. The van der Waals surface area contributed by atoms with Gasteiger partial charge in [0.05, 0.1) is 49.8 Å². The number of esters is 1. The van der Waals surface area contributed by atoms with Crippen molar-refractivity contribution in [3.05, 3.63) is 59.8 Å². The normalized spacial score (nSPS) is 38.5. The molecule has 396 valence electrons. The molecule has 0 unspecified atom stereocenters. The molecule has 1 saturated carbocycles. The molecule has 2 N–H and O–H groups in total. The Kier molecular flexibility index (Phi) is 23.9. The molecule has 1 aliphatic carbocycles. The molecule has 3 fully saturated rings. The molecule has 3 aliphatic heterocycles. The first-order valence-electron chi connectivity index (χ1n) is 26.5. The van der Waals surface area contributed by atoms with Crippen LogP contribution in [0.4, 0.5) is 0 Å². The van der Waals surface area contributed by atoms with Gasteiger partial charge in [-0.3, -0.25) is 14.4 Å². The molecule has 0 radical (unpaired) electrons. The van der Waals surface area contributed by atoms with E-state index in [1.165, 1.54) is 4.90 Å². The number of carbonyl (C=O) groups excluding carboxylic acids is 4. The number of methoxy groups -OCH3 is 2. The highest BCUT2D eigenvalue weighted by molar-refractivity contribution is 6.39. The number of carbonyl (C=O) groups is 4. The molecule has 70 heavy (non-hydrogen) atoms. The number of hydrogen-bond acceptors (Lipinski definition) is 12. The van der Waals surface area contributed by atoms with E-state index in [9.17, 15) is 29.4 Å².